The maximum absolute atomic E-state index is 12.7. The van der Waals surface area contributed by atoms with Crippen LogP contribution in [0.2, 0.25) is 0 Å². The first-order valence-corrected chi connectivity index (χ1v) is 9.69. The van der Waals surface area contributed by atoms with Crippen molar-refractivity contribution in [2.45, 2.75) is 55.6 Å². The van der Waals surface area contributed by atoms with Gasteiger partial charge in [-0.2, -0.15) is 5.01 Å². The number of nitrogens with one attached hydrogen (secondary N) is 2. The number of carbonyl (C=O) groups excluding carboxylic acids is 3. The molecule has 1 spiro atoms. The molecule has 1 unspecified atom stereocenters. The molecule has 2 fully saturated rings. The van der Waals surface area contributed by atoms with Gasteiger partial charge in [-0.25, -0.2) is 4.79 Å². The first-order valence-electron chi connectivity index (χ1n) is 8.64. The summed E-state index contributed by atoms with van der Waals surface area (Å²) in [4.78, 5) is 37.2. The molecule has 1 heterocycles. The molecule has 1 saturated carbocycles. The van der Waals surface area contributed by atoms with Crippen molar-refractivity contribution in [3.8, 4) is 0 Å². The summed E-state index contributed by atoms with van der Waals surface area (Å²) >= 11 is 1.47. The Morgan fingerprint density at radius 2 is 1.92 bits per heavy atom. The largest absolute Gasteiger partial charge is 0.344 e. The summed E-state index contributed by atoms with van der Waals surface area (Å²) in [6.07, 6.45) is 4.18. The molecule has 2 N–H and O–H groups in total. The highest BCUT2D eigenvalue weighted by Gasteiger charge is 2.52. The van der Waals surface area contributed by atoms with Gasteiger partial charge in [-0.1, -0.05) is 49.6 Å². The second-order valence-corrected chi connectivity index (χ2v) is 7.96. The van der Waals surface area contributed by atoms with Crippen molar-refractivity contribution in [1.29, 1.82) is 0 Å². The number of urea groups is 1. The Kier molecular flexibility index (Phi) is 5.32. The van der Waals surface area contributed by atoms with Gasteiger partial charge in [0.2, 0.25) is 0 Å². The molecule has 6 nitrogen and oxygen atoms in total. The van der Waals surface area contributed by atoms with Crippen molar-refractivity contribution >= 4 is 29.6 Å². The number of imide groups is 1. The molecule has 4 amide bonds. The van der Waals surface area contributed by atoms with Crippen molar-refractivity contribution in [3.05, 3.63) is 35.9 Å². The van der Waals surface area contributed by atoms with Crippen LogP contribution in [0.15, 0.2) is 30.3 Å². The molecule has 1 atom stereocenters. The van der Waals surface area contributed by atoms with E-state index < -0.39 is 11.6 Å². The Bertz CT molecular complexity index is 659. The minimum absolute atomic E-state index is 0.328. The van der Waals surface area contributed by atoms with E-state index in [-0.39, 0.29) is 17.1 Å². The van der Waals surface area contributed by atoms with Gasteiger partial charge in [-0.05, 0) is 25.3 Å². The summed E-state index contributed by atoms with van der Waals surface area (Å²) in [5.41, 5.74) is 2.81. The highest BCUT2D eigenvalue weighted by atomic mass is 32.2. The quantitative estimate of drug-likeness (QED) is 0.790. The summed E-state index contributed by atoms with van der Waals surface area (Å²) in [5, 5.41) is 3.28. The van der Waals surface area contributed by atoms with E-state index in [1.165, 1.54) is 11.8 Å². The molecule has 1 aromatic carbocycles. The van der Waals surface area contributed by atoms with Gasteiger partial charge in [0, 0.05) is 5.75 Å². The summed E-state index contributed by atoms with van der Waals surface area (Å²) in [7, 11) is 0. The molecule has 2 aliphatic rings. The van der Waals surface area contributed by atoms with E-state index >= 15 is 0 Å². The molecule has 1 aromatic rings. The number of hydrogen-bond donors (Lipinski definition) is 2. The molecule has 25 heavy (non-hydrogen) atoms. The van der Waals surface area contributed by atoms with Crippen LogP contribution in [0.1, 0.15) is 44.6 Å². The van der Waals surface area contributed by atoms with Crippen LogP contribution in [-0.4, -0.2) is 33.6 Å². The van der Waals surface area contributed by atoms with Gasteiger partial charge in [0.05, 0.1) is 5.25 Å². The molecule has 0 radical (unpaired) electrons. The smallest absolute Gasteiger partial charge is 0.322 e. The lowest BCUT2D eigenvalue weighted by molar-refractivity contribution is -0.139. The Hall–Kier alpha value is -2.02. The zero-order chi connectivity index (χ0) is 17.9. The first kappa shape index (κ1) is 17.8. The van der Waals surface area contributed by atoms with Crippen LogP contribution in [0.5, 0.6) is 0 Å². The normalized spacial score (nSPS) is 20.4. The van der Waals surface area contributed by atoms with Gasteiger partial charge >= 0.3 is 6.03 Å². The summed E-state index contributed by atoms with van der Waals surface area (Å²) < 4.78 is 0. The van der Waals surface area contributed by atoms with Crippen LogP contribution in [0, 0.1) is 0 Å². The number of benzene rings is 1. The number of rotatable bonds is 5. The predicted molar refractivity (Wildman–Crippen MR) is 96.5 cm³/mol. The van der Waals surface area contributed by atoms with Crippen molar-refractivity contribution in [1.82, 2.24) is 15.8 Å². The predicted octanol–water partition coefficient (Wildman–Crippen LogP) is 2.59. The number of nitrogens with zero attached hydrogens (tertiary/aromatic N) is 1. The molecule has 3 rings (SSSR count). The minimum Gasteiger partial charge on any atom is -0.322 e. The fourth-order valence-electron chi connectivity index (χ4n) is 3.29. The molecule has 1 saturated heterocycles. The Morgan fingerprint density at radius 1 is 1.24 bits per heavy atom. The number of amides is 4. The van der Waals surface area contributed by atoms with E-state index in [9.17, 15) is 14.4 Å². The van der Waals surface area contributed by atoms with Crippen molar-refractivity contribution < 1.29 is 14.4 Å². The molecule has 7 heteroatoms. The van der Waals surface area contributed by atoms with E-state index in [2.05, 4.69) is 10.7 Å². The number of thioether (sulfide) groups is 1. The topological polar surface area (TPSA) is 78.5 Å². The summed E-state index contributed by atoms with van der Waals surface area (Å²) in [6.45, 7) is 1.78. The standard InChI is InChI=1S/C18H23N3O3S/c1-13(25-12-14-8-4-2-5-9-14)15(22)20-21-16(23)18(19-17(21)24)10-6-3-7-11-18/h2,4-5,8-9,13H,3,6-7,10-12H2,1H3,(H,19,24)(H,20,22). The average molecular weight is 361 g/mol. The van der Waals surface area contributed by atoms with Gasteiger partial charge < -0.3 is 5.32 Å². The monoisotopic (exact) mass is 361 g/mol. The number of hydrogen-bond acceptors (Lipinski definition) is 4. The lowest BCUT2D eigenvalue weighted by Crippen LogP contribution is -2.52. The van der Waals surface area contributed by atoms with Crippen LogP contribution in [-0.2, 0) is 15.3 Å². The Balaban J connectivity index is 1.56. The summed E-state index contributed by atoms with van der Waals surface area (Å²) in [6, 6.07) is 9.34. The van der Waals surface area contributed by atoms with E-state index in [4.69, 9.17) is 0 Å². The SMILES string of the molecule is CC(SCc1ccccc1)C(=O)NN1C(=O)NC2(CCCCC2)C1=O. The van der Waals surface area contributed by atoms with Crippen molar-refractivity contribution in [3.63, 3.8) is 0 Å². The highest BCUT2D eigenvalue weighted by molar-refractivity contribution is 7.99. The Morgan fingerprint density at radius 3 is 2.60 bits per heavy atom. The molecule has 134 valence electrons. The van der Waals surface area contributed by atoms with Gasteiger partial charge in [0.15, 0.2) is 0 Å². The van der Waals surface area contributed by atoms with Crippen LogP contribution in [0.4, 0.5) is 4.79 Å². The molecule has 0 bridgehead atoms. The van der Waals surface area contributed by atoms with Crippen LogP contribution < -0.4 is 10.7 Å². The van der Waals surface area contributed by atoms with Crippen molar-refractivity contribution in [2.24, 2.45) is 0 Å². The van der Waals surface area contributed by atoms with Crippen LogP contribution in [0.3, 0.4) is 0 Å². The maximum atomic E-state index is 12.7. The lowest BCUT2D eigenvalue weighted by Gasteiger charge is -2.30. The zero-order valence-corrected chi connectivity index (χ0v) is 15.1. The highest BCUT2D eigenvalue weighted by Crippen LogP contribution is 2.33. The van der Waals surface area contributed by atoms with Crippen LogP contribution in [0.25, 0.3) is 0 Å². The fourth-order valence-corrected chi connectivity index (χ4v) is 4.13. The van der Waals surface area contributed by atoms with Crippen LogP contribution >= 0.6 is 11.8 Å². The molecule has 0 aromatic heterocycles. The summed E-state index contributed by atoms with van der Waals surface area (Å²) in [5.74, 6) is 0.0302. The molecular formula is C18H23N3O3S. The first-order chi connectivity index (χ1) is 12.0. The Labute approximate surface area is 151 Å². The zero-order valence-electron chi connectivity index (χ0n) is 14.3. The third-order valence-electron chi connectivity index (χ3n) is 4.80. The van der Waals surface area contributed by atoms with E-state index in [0.717, 1.165) is 29.8 Å². The van der Waals surface area contributed by atoms with E-state index in [0.29, 0.717) is 18.6 Å². The number of hydrazine groups is 1. The van der Waals surface area contributed by atoms with E-state index in [1.807, 2.05) is 30.3 Å². The molecule has 1 aliphatic heterocycles. The average Bonchev–Trinajstić information content (AvgIpc) is 2.85. The van der Waals surface area contributed by atoms with Crippen molar-refractivity contribution in [2.75, 3.05) is 0 Å². The number of carbonyl (C=O) groups is 3. The van der Waals surface area contributed by atoms with Gasteiger partial charge in [-0.15, -0.1) is 11.8 Å². The lowest BCUT2D eigenvalue weighted by atomic mass is 9.82. The van der Waals surface area contributed by atoms with E-state index in [1.54, 1.807) is 6.92 Å². The minimum atomic E-state index is -0.816. The van der Waals surface area contributed by atoms with Gasteiger partial charge in [-0.3, -0.25) is 15.0 Å². The molecular weight excluding hydrogens is 338 g/mol. The molecule has 1 aliphatic carbocycles. The van der Waals surface area contributed by atoms with Gasteiger partial charge in [0.25, 0.3) is 11.8 Å². The maximum Gasteiger partial charge on any atom is 0.344 e. The third kappa shape index (κ3) is 3.81. The second kappa shape index (κ2) is 7.47. The third-order valence-corrected chi connectivity index (χ3v) is 6.02. The van der Waals surface area contributed by atoms with Gasteiger partial charge in [0.1, 0.15) is 5.54 Å². The fraction of sp³-hybridized carbons (Fsp3) is 0.500. The second-order valence-electron chi connectivity index (χ2n) is 6.63.